The molecular weight excluding hydrogens is 583 g/mol. The molecule has 0 amide bonds. The first-order valence-corrected chi connectivity index (χ1v) is 21.1. The van der Waals surface area contributed by atoms with Crippen LogP contribution in [0.4, 0.5) is 0 Å². The number of likely N-dealkylation sites (N-methyl/N-ethyl adjacent to an activating group) is 2. The number of allylic oxidation sites excluding steroid dienone is 8. The Hall–Kier alpha value is -1.16. The van der Waals surface area contributed by atoms with Crippen LogP contribution in [0.25, 0.3) is 0 Å². The molecule has 3 heteroatoms. The van der Waals surface area contributed by atoms with Gasteiger partial charge in [-0.25, -0.2) is 0 Å². The summed E-state index contributed by atoms with van der Waals surface area (Å²) in [5.41, 5.74) is 0. The summed E-state index contributed by atoms with van der Waals surface area (Å²) in [6.45, 7) is 9.29. The summed E-state index contributed by atoms with van der Waals surface area (Å²) >= 11 is 0. The van der Waals surface area contributed by atoms with E-state index in [0.29, 0.717) is 0 Å². The van der Waals surface area contributed by atoms with Gasteiger partial charge in [0.2, 0.25) is 0 Å². The molecule has 0 spiro atoms. The van der Waals surface area contributed by atoms with Crippen LogP contribution in [0.2, 0.25) is 0 Å². The molecule has 0 aliphatic heterocycles. The third kappa shape index (κ3) is 36.1. The van der Waals surface area contributed by atoms with Crippen molar-refractivity contribution in [3.8, 4) is 0 Å². The van der Waals surface area contributed by atoms with E-state index in [-0.39, 0.29) is 0 Å². The van der Waals surface area contributed by atoms with Gasteiger partial charge in [0.15, 0.2) is 0 Å². The van der Waals surface area contributed by atoms with Crippen LogP contribution in [0.1, 0.15) is 181 Å². The van der Waals surface area contributed by atoms with Gasteiger partial charge in [0, 0.05) is 32.2 Å². The Morgan fingerprint density at radius 2 is 0.667 bits per heavy atom. The molecule has 0 aromatic rings. The zero-order chi connectivity index (χ0) is 35.2. The van der Waals surface area contributed by atoms with Gasteiger partial charge in [-0.3, -0.25) is 4.90 Å². The van der Waals surface area contributed by atoms with Gasteiger partial charge in [0.05, 0.1) is 0 Å². The predicted octanol–water partition coefficient (Wildman–Crippen LogP) is 13.2. The fourth-order valence-corrected chi connectivity index (χ4v) is 6.38. The lowest BCUT2D eigenvalue weighted by atomic mass is 9.98. The number of nitrogens with zero attached hydrogens (tertiary/aromatic N) is 3. The molecule has 0 radical (unpaired) electrons. The smallest absolute Gasteiger partial charge is 0.0113 e. The van der Waals surface area contributed by atoms with Crippen LogP contribution in [-0.4, -0.2) is 75.1 Å². The van der Waals surface area contributed by atoms with E-state index in [1.807, 2.05) is 0 Å². The molecule has 0 fully saturated rings. The van der Waals surface area contributed by atoms with Crippen LogP contribution in [0.15, 0.2) is 48.6 Å². The second-order valence-corrected chi connectivity index (χ2v) is 15.0. The van der Waals surface area contributed by atoms with Gasteiger partial charge >= 0.3 is 0 Å². The molecule has 0 aliphatic rings. The highest BCUT2D eigenvalue weighted by Crippen LogP contribution is 2.19. The molecule has 0 unspecified atom stereocenters. The number of hydrogen-bond acceptors (Lipinski definition) is 3. The number of hydrogen-bond donors (Lipinski definition) is 0. The average molecular weight is 670 g/mol. The normalized spacial score (nSPS) is 13.4. The van der Waals surface area contributed by atoms with E-state index in [9.17, 15) is 0 Å². The topological polar surface area (TPSA) is 9.72 Å². The summed E-state index contributed by atoms with van der Waals surface area (Å²) < 4.78 is 0. The molecule has 0 bridgehead atoms. The fraction of sp³-hybridized carbons (Fsp3) is 0.822. The second-order valence-electron chi connectivity index (χ2n) is 15.0. The van der Waals surface area contributed by atoms with E-state index < -0.39 is 0 Å². The minimum atomic E-state index is 0.751. The lowest BCUT2D eigenvalue weighted by Crippen LogP contribution is -2.43. The van der Waals surface area contributed by atoms with Crippen LogP contribution < -0.4 is 0 Å². The Labute approximate surface area is 303 Å². The van der Waals surface area contributed by atoms with Crippen molar-refractivity contribution in [1.29, 1.82) is 0 Å². The summed E-state index contributed by atoms with van der Waals surface area (Å²) in [6, 6.07) is 0.751. The largest absolute Gasteiger partial charge is 0.308 e. The van der Waals surface area contributed by atoms with Gasteiger partial charge in [-0.15, -0.1) is 0 Å². The molecule has 0 rings (SSSR count). The molecule has 0 N–H and O–H groups in total. The summed E-state index contributed by atoms with van der Waals surface area (Å²) in [6.07, 6.45) is 53.8. The number of rotatable bonds is 37. The van der Waals surface area contributed by atoms with E-state index in [0.717, 1.165) is 32.0 Å². The lowest BCUT2D eigenvalue weighted by Gasteiger charge is -2.34. The maximum atomic E-state index is 2.85. The van der Waals surface area contributed by atoms with Crippen LogP contribution in [-0.2, 0) is 0 Å². The first-order chi connectivity index (χ1) is 23.5. The minimum Gasteiger partial charge on any atom is -0.308 e. The van der Waals surface area contributed by atoms with Gasteiger partial charge in [0.25, 0.3) is 0 Å². The SMILES string of the molecule is CCCCCC=CCC=CCCCCCCCCC(CCCCCCCCC=CCC=CCCCCC)N(CCN(C)C)CCN(C)C. The standard InChI is InChI=1S/C45H87N3/c1-7-9-11-13-15-17-19-21-23-25-27-29-31-33-35-37-39-45(48(43-41-46(3)4)44-42-47(5)6)40-38-36-34-32-30-28-26-24-22-20-18-16-14-12-10-8-2/h15-18,21-24,45H,7-14,19-20,25-44H2,1-6H3. The van der Waals surface area contributed by atoms with Gasteiger partial charge in [-0.05, 0) is 105 Å². The maximum absolute atomic E-state index is 2.85. The van der Waals surface area contributed by atoms with Gasteiger partial charge in [0.1, 0.15) is 0 Å². The van der Waals surface area contributed by atoms with E-state index in [1.165, 1.54) is 167 Å². The van der Waals surface area contributed by atoms with Crippen molar-refractivity contribution >= 4 is 0 Å². The monoisotopic (exact) mass is 670 g/mol. The van der Waals surface area contributed by atoms with Gasteiger partial charge in [-0.2, -0.15) is 0 Å². The molecule has 3 nitrogen and oxygen atoms in total. The predicted molar refractivity (Wildman–Crippen MR) is 220 cm³/mol. The van der Waals surface area contributed by atoms with Gasteiger partial charge < -0.3 is 9.80 Å². The van der Waals surface area contributed by atoms with Crippen molar-refractivity contribution in [1.82, 2.24) is 14.7 Å². The highest BCUT2D eigenvalue weighted by atomic mass is 15.2. The van der Waals surface area contributed by atoms with E-state index >= 15 is 0 Å². The second kappa shape index (κ2) is 38.6. The summed E-state index contributed by atoms with van der Waals surface area (Å²) in [5.74, 6) is 0. The van der Waals surface area contributed by atoms with Crippen molar-refractivity contribution in [2.75, 3.05) is 54.4 Å². The Morgan fingerprint density at radius 3 is 1.00 bits per heavy atom. The third-order valence-electron chi connectivity index (χ3n) is 9.66. The molecule has 0 saturated heterocycles. The van der Waals surface area contributed by atoms with Crippen molar-refractivity contribution in [3.05, 3.63) is 48.6 Å². The van der Waals surface area contributed by atoms with E-state index in [2.05, 4.69) is 105 Å². The zero-order valence-electron chi connectivity index (χ0n) is 33.8. The molecule has 0 aromatic heterocycles. The van der Waals surface area contributed by atoms with Crippen molar-refractivity contribution in [2.24, 2.45) is 0 Å². The summed E-state index contributed by atoms with van der Waals surface area (Å²) in [7, 11) is 8.90. The Morgan fingerprint density at radius 1 is 0.354 bits per heavy atom. The Balaban J connectivity index is 4.31. The zero-order valence-corrected chi connectivity index (χ0v) is 33.8. The van der Waals surface area contributed by atoms with Crippen molar-refractivity contribution in [2.45, 2.75) is 187 Å². The summed E-state index contributed by atoms with van der Waals surface area (Å²) in [4.78, 5) is 7.57. The first kappa shape index (κ1) is 46.8. The van der Waals surface area contributed by atoms with Crippen LogP contribution in [0, 0.1) is 0 Å². The highest BCUT2D eigenvalue weighted by Gasteiger charge is 2.18. The van der Waals surface area contributed by atoms with E-state index in [1.54, 1.807) is 0 Å². The third-order valence-corrected chi connectivity index (χ3v) is 9.66. The van der Waals surface area contributed by atoms with Crippen LogP contribution >= 0.6 is 0 Å². The van der Waals surface area contributed by atoms with Crippen LogP contribution in [0.3, 0.4) is 0 Å². The lowest BCUT2D eigenvalue weighted by molar-refractivity contribution is 0.144. The molecule has 0 saturated carbocycles. The quantitative estimate of drug-likeness (QED) is 0.0481. The Kier molecular flexibility index (Phi) is 37.7. The molecule has 282 valence electrons. The molecule has 0 aromatic carbocycles. The summed E-state index contributed by atoms with van der Waals surface area (Å²) in [5, 5.41) is 0. The van der Waals surface area contributed by atoms with E-state index in [4.69, 9.17) is 0 Å². The van der Waals surface area contributed by atoms with Crippen molar-refractivity contribution in [3.63, 3.8) is 0 Å². The highest BCUT2D eigenvalue weighted by molar-refractivity contribution is 4.93. The molecule has 0 heterocycles. The maximum Gasteiger partial charge on any atom is 0.0113 e. The number of unbranched alkanes of at least 4 members (excludes halogenated alkanes) is 18. The molecular formula is C45H87N3. The first-order valence-electron chi connectivity index (χ1n) is 21.1. The molecule has 0 aliphatic carbocycles. The average Bonchev–Trinajstić information content (AvgIpc) is 3.07. The Bertz CT molecular complexity index is 675. The molecule has 0 atom stereocenters. The van der Waals surface area contributed by atoms with Crippen LogP contribution in [0.5, 0.6) is 0 Å². The minimum absolute atomic E-state index is 0.751. The van der Waals surface area contributed by atoms with Gasteiger partial charge in [-0.1, -0.05) is 152 Å². The van der Waals surface area contributed by atoms with Crippen molar-refractivity contribution < 1.29 is 0 Å². The fourth-order valence-electron chi connectivity index (χ4n) is 6.38. The molecule has 48 heavy (non-hydrogen) atoms.